The summed E-state index contributed by atoms with van der Waals surface area (Å²) in [6, 6.07) is 0. The van der Waals surface area contributed by atoms with E-state index in [-0.39, 0.29) is 0 Å². The summed E-state index contributed by atoms with van der Waals surface area (Å²) >= 11 is 17.9. The quantitative estimate of drug-likeness (QED) is 0.612. The molecule has 0 radical (unpaired) electrons. The van der Waals surface area contributed by atoms with Gasteiger partial charge in [-0.2, -0.15) is 0 Å². The number of thioether (sulfide) groups is 1. The van der Waals surface area contributed by atoms with Crippen LogP contribution in [0.1, 0.15) is 6.42 Å². The van der Waals surface area contributed by atoms with Crippen molar-refractivity contribution < 1.29 is 9.59 Å². The molecule has 8 heteroatoms. The molecule has 17 heavy (non-hydrogen) atoms. The van der Waals surface area contributed by atoms with Crippen LogP contribution in [-0.2, 0) is 9.59 Å². The van der Waals surface area contributed by atoms with Crippen LogP contribution in [0.2, 0.25) is 0 Å². The predicted molar refractivity (Wildman–Crippen MR) is 70.8 cm³/mol. The molecule has 0 aromatic heterocycles. The Morgan fingerprint density at radius 2 is 1.82 bits per heavy atom. The van der Waals surface area contributed by atoms with E-state index < -0.39 is 32.0 Å². The van der Waals surface area contributed by atoms with E-state index in [0.29, 0.717) is 6.42 Å². The van der Waals surface area contributed by atoms with Crippen LogP contribution in [0.15, 0.2) is 12.2 Å². The van der Waals surface area contributed by atoms with E-state index in [1.807, 2.05) is 0 Å². The van der Waals surface area contributed by atoms with Crippen LogP contribution < -0.4 is 11.5 Å². The second-order valence-electron chi connectivity index (χ2n) is 3.63. The second-order valence-corrected chi connectivity index (χ2v) is 7.98. The summed E-state index contributed by atoms with van der Waals surface area (Å²) in [6.07, 6.45) is 3.82. The van der Waals surface area contributed by atoms with Gasteiger partial charge >= 0.3 is 0 Å². The molecule has 0 saturated heterocycles. The molecule has 4 N–H and O–H groups in total. The number of alkyl halides is 3. The number of hydrogen-bond acceptors (Lipinski definition) is 3. The third-order valence-corrected chi connectivity index (χ3v) is 4.26. The summed E-state index contributed by atoms with van der Waals surface area (Å²) < 4.78 is -1.58. The number of allylic oxidation sites excluding steroid dienone is 1. The third kappa shape index (κ3) is 4.25. The lowest BCUT2D eigenvalue weighted by Crippen LogP contribution is -2.44. The van der Waals surface area contributed by atoms with Crippen LogP contribution >= 0.6 is 46.6 Å². The van der Waals surface area contributed by atoms with Crippen molar-refractivity contribution in [3.05, 3.63) is 12.2 Å². The number of halogens is 3. The molecule has 0 fully saturated rings. The van der Waals surface area contributed by atoms with E-state index in [0.717, 1.165) is 11.8 Å². The minimum absolute atomic E-state index is 0.375. The van der Waals surface area contributed by atoms with Crippen molar-refractivity contribution >= 4 is 58.4 Å². The maximum absolute atomic E-state index is 11.4. The van der Waals surface area contributed by atoms with Gasteiger partial charge in [0.15, 0.2) is 0 Å². The summed E-state index contributed by atoms with van der Waals surface area (Å²) in [5.74, 6) is -2.60. The molecule has 3 unspecified atom stereocenters. The first-order valence-electron chi connectivity index (χ1n) is 4.72. The largest absolute Gasteiger partial charge is 0.369 e. The highest BCUT2D eigenvalue weighted by molar-refractivity contribution is 8.05. The Morgan fingerprint density at radius 3 is 2.24 bits per heavy atom. The molecule has 0 bridgehead atoms. The summed E-state index contributed by atoms with van der Waals surface area (Å²) in [4.78, 5) is 22.7. The van der Waals surface area contributed by atoms with Crippen LogP contribution in [0.4, 0.5) is 0 Å². The number of carbonyl (C=O) groups excluding carboxylic acids is 2. The van der Waals surface area contributed by atoms with Gasteiger partial charge in [-0.25, -0.2) is 0 Å². The van der Waals surface area contributed by atoms with Crippen LogP contribution in [0.3, 0.4) is 0 Å². The predicted octanol–water partition coefficient (Wildman–Crippen LogP) is 1.58. The zero-order chi connectivity index (χ0) is 13.2. The number of primary amides is 2. The number of amides is 2. The molecule has 0 heterocycles. The molecule has 1 rings (SSSR count). The Bertz CT molecular complexity index is 357. The van der Waals surface area contributed by atoms with E-state index in [1.165, 1.54) is 0 Å². The van der Waals surface area contributed by atoms with Gasteiger partial charge in [-0.3, -0.25) is 9.59 Å². The Morgan fingerprint density at radius 1 is 1.24 bits per heavy atom. The highest BCUT2D eigenvalue weighted by Crippen LogP contribution is 2.46. The maximum Gasteiger partial charge on any atom is 0.238 e. The minimum Gasteiger partial charge on any atom is -0.369 e. The smallest absolute Gasteiger partial charge is 0.238 e. The fraction of sp³-hybridized carbons (Fsp3) is 0.556. The van der Waals surface area contributed by atoms with Crippen LogP contribution in [-0.4, -0.2) is 20.2 Å². The average Bonchev–Trinajstić information content (AvgIpc) is 2.14. The zero-order valence-corrected chi connectivity index (χ0v) is 11.7. The zero-order valence-electron chi connectivity index (χ0n) is 8.61. The maximum atomic E-state index is 11.4. The van der Waals surface area contributed by atoms with E-state index in [4.69, 9.17) is 46.3 Å². The van der Waals surface area contributed by atoms with Gasteiger partial charge < -0.3 is 11.5 Å². The van der Waals surface area contributed by atoms with Crippen molar-refractivity contribution in [3.8, 4) is 0 Å². The van der Waals surface area contributed by atoms with Crippen molar-refractivity contribution in [2.45, 2.75) is 14.8 Å². The van der Waals surface area contributed by atoms with Gasteiger partial charge in [0.1, 0.15) is 0 Å². The lowest BCUT2D eigenvalue weighted by Gasteiger charge is -2.31. The average molecular weight is 318 g/mol. The molecule has 0 aromatic carbocycles. The number of rotatable bonds is 3. The third-order valence-electron chi connectivity index (χ3n) is 2.47. The van der Waals surface area contributed by atoms with Crippen LogP contribution in [0.5, 0.6) is 0 Å². The van der Waals surface area contributed by atoms with Crippen molar-refractivity contribution in [1.82, 2.24) is 0 Å². The van der Waals surface area contributed by atoms with Gasteiger partial charge in [-0.15, -0.1) is 0 Å². The molecule has 1 aliphatic carbocycles. The molecule has 1 aliphatic rings. The first-order valence-corrected chi connectivity index (χ1v) is 6.73. The first kappa shape index (κ1) is 15.0. The normalized spacial score (nSPS) is 29.0. The molecule has 0 aliphatic heterocycles. The highest BCUT2D eigenvalue weighted by Gasteiger charge is 2.41. The van der Waals surface area contributed by atoms with Crippen LogP contribution in [0.25, 0.3) is 0 Å². The Kier molecular flexibility index (Phi) is 5.01. The Labute approximate surface area is 118 Å². The Balaban J connectivity index is 2.95. The van der Waals surface area contributed by atoms with E-state index in [1.54, 1.807) is 12.2 Å². The summed E-state index contributed by atoms with van der Waals surface area (Å²) in [5, 5.41) is -0.466. The SMILES string of the molecule is NC(=O)C1CC=CC(SC(Cl)(Cl)Cl)C1C(N)=O. The number of carbonyl (C=O) groups is 2. The topological polar surface area (TPSA) is 86.2 Å². The molecule has 4 nitrogen and oxygen atoms in total. The van der Waals surface area contributed by atoms with Crippen LogP contribution in [0, 0.1) is 11.8 Å². The van der Waals surface area contributed by atoms with Gasteiger partial charge in [0.05, 0.1) is 11.8 Å². The van der Waals surface area contributed by atoms with Gasteiger partial charge in [-0.05, 0) is 6.42 Å². The second kappa shape index (κ2) is 5.69. The molecule has 0 saturated carbocycles. The number of nitrogens with two attached hydrogens (primary N) is 2. The van der Waals surface area contributed by atoms with Crippen molar-refractivity contribution in [1.29, 1.82) is 0 Å². The van der Waals surface area contributed by atoms with Crippen molar-refractivity contribution in [2.75, 3.05) is 0 Å². The van der Waals surface area contributed by atoms with E-state index >= 15 is 0 Å². The minimum atomic E-state index is -1.58. The fourth-order valence-corrected chi connectivity index (χ4v) is 3.67. The Hall–Kier alpha value is -0.100. The molecule has 3 atom stereocenters. The van der Waals surface area contributed by atoms with E-state index in [2.05, 4.69) is 0 Å². The molecule has 0 spiro atoms. The standard InChI is InChI=1S/C9H11Cl3N2O2S/c10-9(11,12)17-5-3-1-2-4(7(13)15)6(5)8(14)16/h1,3-6H,2H2,(H2,13,15)(H2,14,16). The van der Waals surface area contributed by atoms with E-state index in [9.17, 15) is 9.59 Å². The van der Waals surface area contributed by atoms with Crippen molar-refractivity contribution in [3.63, 3.8) is 0 Å². The molecule has 2 amide bonds. The lowest BCUT2D eigenvalue weighted by atomic mass is 9.81. The fourth-order valence-electron chi connectivity index (χ4n) is 1.77. The van der Waals surface area contributed by atoms with Gasteiger partial charge in [0.25, 0.3) is 0 Å². The number of hydrogen-bond donors (Lipinski definition) is 2. The molecular formula is C9H11Cl3N2O2S. The summed E-state index contributed by atoms with van der Waals surface area (Å²) in [7, 11) is 0. The van der Waals surface area contributed by atoms with Gasteiger partial charge in [0.2, 0.25) is 14.9 Å². The molecule has 0 aromatic rings. The van der Waals surface area contributed by atoms with Gasteiger partial charge in [0, 0.05) is 5.25 Å². The summed E-state index contributed by atoms with van der Waals surface area (Å²) in [6.45, 7) is 0. The first-order chi connectivity index (χ1) is 7.72. The lowest BCUT2D eigenvalue weighted by molar-refractivity contribution is -0.131. The summed E-state index contributed by atoms with van der Waals surface area (Å²) in [5.41, 5.74) is 10.5. The van der Waals surface area contributed by atoms with Gasteiger partial charge in [-0.1, -0.05) is 58.7 Å². The molecular weight excluding hydrogens is 307 g/mol. The highest BCUT2D eigenvalue weighted by atomic mass is 35.6. The monoisotopic (exact) mass is 316 g/mol. The van der Waals surface area contributed by atoms with Crippen molar-refractivity contribution in [2.24, 2.45) is 23.3 Å². The molecule has 96 valence electrons.